The number of rotatable bonds is 5. The molecule has 4 heteroatoms. The number of hydrogen-bond donors (Lipinski definition) is 2. The van der Waals surface area contributed by atoms with Gasteiger partial charge in [-0.1, -0.05) is 30.3 Å². The number of likely N-dealkylation sites (tertiary alicyclic amines) is 1. The van der Waals surface area contributed by atoms with Gasteiger partial charge in [0.25, 0.3) is 0 Å². The number of carbonyl (C=O) groups is 1. The molecule has 2 atom stereocenters. The van der Waals surface area contributed by atoms with Gasteiger partial charge in [-0.25, -0.2) is 0 Å². The summed E-state index contributed by atoms with van der Waals surface area (Å²) in [6.45, 7) is 1.40. The van der Waals surface area contributed by atoms with Crippen molar-refractivity contribution >= 4 is 5.78 Å². The first-order valence-corrected chi connectivity index (χ1v) is 6.85. The summed E-state index contributed by atoms with van der Waals surface area (Å²) >= 11 is 0. The van der Waals surface area contributed by atoms with Crippen LogP contribution in [0.1, 0.15) is 36.0 Å². The maximum absolute atomic E-state index is 11.9. The highest BCUT2D eigenvalue weighted by Gasteiger charge is 2.24. The largest absolute Gasteiger partial charge is 0.393 e. The summed E-state index contributed by atoms with van der Waals surface area (Å²) in [4.78, 5) is 13.8. The van der Waals surface area contributed by atoms with Crippen LogP contribution in [-0.4, -0.2) is 46.3 Å². The molecule has 0 saturated carbocycles. The highest BCUT2D eigenvalue weighted by Crippen LogP contribution is 2.16. The van der Waals surface area contributed by atoms with E-state index in [2.05, 4.69) is 0 Å². The summed E-state index contributed by atoms with van der Waals surface area (Å²) in [6, 6.07) is 9.28. The Morgan fingerprint density at radius 2 is 2.00 bits per heavy atom. The summed E-state index contributed by atoms with van der Waals surface area (Å²) < 4.78 is 0. The fourth-order valence-electron chi connectivity index (χ4n) is 2.45. The summed E-state index contributed by atoms with van der Waals surface area (Å²) in [5, 5.41) is 19.2. The minimum atomic E-state index is -0.574. The van der Waals surface area contributed by atoms with Crippen molar-refractivity contribution in [3.63, 3.8) is 0 Å². The minimum Gasteiger partial charge on any atom is -0.393 e. The molecule has 0 bridgehead atoms. The Hall–Kier alpha value is -1.23. The Balaban J connectivity index is 1.73. The molecule has 0 aromatic heterocycles. The highest BCUT2D eigenvalue weighted by molar-refractivity contribution is 5.95. The molecule has 104 valence electrons. The zero-order valence-corrected chi connectivity index (χ0v) is 11.0. The van der Waals surface area contributed by atoms with E-state index in [1.54, 1.807) is 0 Å². The van der Waals surface area contributed by atoms with E-state index in [0.29, 0.717) is 32.4 Å². The van der Waals surface area contributed by atoms with E-state index in [0.717, 1.165) is 12.0 Å². The van der Waals surface area contributed by atoms with Crippen LogP contribution < -0.4 is 0 Å². The molecule has 19 heavy (non-hydrogen) atoms. The predicted molar refractivity (Wildman–Crippen MR) is 72.8 cm³/mol. The van der Waals surface area contributed by atoms with Crippen LogP contribution in [0.4, 0.5) is 0 Å². The third-order valence-corrected chi connectivity index (χ3v) is 3.60. The van der Waals surface area contributed by atoms with E-state index in [4.69, 9.17) is 0 Å². The van der Waals surface area contributed by atoms with Gasteiger partial charge in [-0.2, -0.15) is 0 Å². The fraction of sp³-hybridized carbons (Fsp3) is 0.533. The van der Waals surface area contributed by atoms with Crippen LogP contribution in [0.25, 0.3) is 0 Å². The van der Waals surface area contributed by atoms with Crippen LogP contribution in [0, 0.1) is 0 Å². The van der Waals surface area contributed by atoms with Crippen LogP contribution in [-0.2, 0) is 0 Å². The molecule has 2 N–H and O–H groups in total. The molecule has 1 heterocycles. The van der Waals surface area contributed by atoms with E-state index in [1.807, 2.05) is 35.2 Å². The van der Waals surface area contributed by atoms with Crippen LogP contribution in [0.5, 0.6) is 0 Å². The molecule has 2 rings (SSSR count). The Morgan fingerprint density at radius 3 is 2.68 bits per heavy atom. The first-order chi connectivity index (χ1) is 9.16. The van der Waals surface area contributed by atoms with E-state index < -0.39 is 12.3 Å². The van der Waals surface area contributed by atoms with Crippen molar-refractivity contribution < 1.29 is 15.0 Å². The molecule has 4 nitrogen and oxygen atoms in total. The summed E-state index contributed by atoms with van der Waals surface area (Å²) in [7, 11) is 0. The molecular formula is C15H21NO3. The maximum Gasteiger partial charge on any atom is 0.162 e. The normalized spacial score (nSPS) is 24.3. The number of carbonyl (C=O) groups excluding carboxylic acids is 1. The number of ketones is 1. The monoisotopic (exact) mass is 263 g/mol. The lowest BCUT2D eigenvalue weighted by atomic mass is 10.0. The van der Waals surface area contributed by atoms with E-state index in [9.17, 15) is 15.0 Å². The second-order valence-electron chi connectivity index (χ2n) is 5.09. The topological polar surface area (TPSA) is 60.8 Å². The molecule has 1 aromatic carbocycles. The third kappa shape index (κ3) is 4.13. The molecule has 1 aliphatic heterocycles. The molecule has 0 aliphatic carbocycles. The van der Waals surface area contributed by atoms with Crippen LogP contribution >= 0.6 is 0 Å². The molecule has 0 spiro atoms. The van der Waals surface area contributed by atoms with Crippen LogP contribution in [0.3, 0.4) is 0 Å². The van der Waals surface area contributed by atoms with Crippen molar-refractivity contribution in [1.29, 1.82) is 0 Å². The van der Waals surface area contributed by atoms with Crippen LogP contribution in [0.2, 0.25) is 0 Å². The van der Waals surface area contributed by atoms with Gasteiger partial charge in [0.1, 0.15) is 6.23 Å². The van der Waals surface area contributed by atoms with Gasteiger partial charge in [0, 0.05) is 31.5 Å². The number of aliphatic hydroxyl groups is 2. The standard InChI is InChI=1S/C15H21NO3/c17-13-8-10-16(15(19)11-13)9-4-7-14(18)12-5-2-1-3-6-12/h1-3,5-6,13,15,17,19H,4,7-11H2. The Labute approximate surface area is 113 Å². The van der Waals surface area contributed by atoms with Crippen LogP contribution in [0.15, 0.2) is 30.3 Å². The van der Waals surface area contributed by atoms with E-state index in [1.165, 1.54) is 0 Å². The van der Waals surface area contributed by atoms with Gasteiger partial charge in [-0.3, -0.25) is 9.69 Å². The third-order valence-electron chi connectivity index (χ3n) is 3.60. The summed E-state index contributed by atoms with van der Waals surface area (Å²) in [6.07, 6.45) is 1.38. The fourth-order valence-corrected chi connectivity index (χ4v) is 2.45. The molecule has 2 unspecified atom stereocenters. The van der Waals surface area contributed by atoms with Gasteiger partial charge in [0.15, 0.2) is 5.78 Å². The Kier molecular flexibility index (Phi) is 5.07. The number of hydrogen-bond acceptors (Lipinski definition) is 4. The summed E-state index contributed by atoms with van der Waals surface area (Å²) in [5.41, 5.74) is 0.747. The molecule has 0 amide bonds. The summed E-state index contributed by atoms with van der Waals surface area (Å²) in [5.74, 6) is 0.145. The lowest BCUT2D eigenvalue weighted by Crippen LogP contribution is -2.44. The predicted octanol–water partition coefficient (Wildman–Crippen LogP) is 1.42. The zero-order chi connectivity index (χ0) is 13.7. The van der Waals surface area contributed by atoms with Crippen molar-refractivity contribution in [2.24, 2.45) is 0 Å². The molecule has 1 saturated heterocycles. The van der Waals surface area contributed by atoms with Gasteiger partial charge >= 0.3 is 0 Å². The lowest BCUT2D eigenvalue weighted by molar-refractivity contribution is -0.0670. The van der Waals surface area contributed by atoms with Gasteiger partial charge in [0.2, 0.25) is 0 Å². The second kappa shape index (κ2) is 6.80. The SMILES string of the molecule is O=C(CCCN1CCC(O)CC1O)c1ccccc1. The second-order valence-corrected chi connectivity index (χ2v) is 5.09. The lowest BCUT2D eigenvalue weighted by Gasteiger charge is -2.34. The van der Waals surface area contributed by atoms with E-state index >= 15 is 0 Å². The van der Waals surface area contributed by atoms with Gasteiger partial charge in [-0.15, -0.1) is 0 Å². The first-order valence-electron chi connectivity index (χ1n) is 6.85. The minimum absolute atomic E-state index is 0.145. The van der Waals surface area contributed by atoms with Gasteiger partial charge in [0.05, 0.1) is 6.10 Å². The van der Waals surface area contributed by atoms with Crippen molar-refractivity contribution in [3.05, 3.63) is 35.9 Å². The van der Waals surface area contributed by atoms with Crippen molar-refractivity contribution in [1.82, 2.24) is 4.90 Å². The van der Waals surface area contributed by atoms with Crippen molar-refractivity contribution in [2.75, 3.05) is 13.1 Å². The molecule has 1 aromatic rings. The molecule has 0 radical (unpaired) electrons. The van der Waals surface area contributed by atoms with Crippen molar-refractivity contribution in [2.45, 2.75) is 38.0 Å². The number of Topliss-reactive ketones (excluding diaryl/α,β-unsaturated/α-hetero) is 1. The molecule has 1 aliphatic rings. The first kappa shape index (κ1) is 14.2. The number of piperidine rings is 1. The number of aliphatic hydroxyl groups excluding tert-OH is 2. The Morgan fingerprint density at radius 1 is 1.26 bits per heavy atom. The highest BCUT2D eigenvalue weighted by atomic mass is 16.3. The van der Waals surface area contributed by atoms with Gasteiger partial charge < -0.3 is 10.2 Å². The Bertz CT molecular complexity index is 407. The number of benzene rings is 1. The number of nitrogens with zero attached hydrogens (tertiary/aromatic N) is 1. The molecular weight excluding hydrogens is 242 g/mol. The van der Waals surface area contributed by atoms with Gasteiger partial charge in [-0.05, 0) is 12.8 Å². The van der Waals surface area contributed by atoms with Crippen molar-refractivity contribution in [3.8, 4) is 0 Å². The zero-order valence-electron chi connectivity index (χ0n) is 11.0. The smallest absolute Gasteiger partial charge is 0.162 e. The average molecular weight is 263 g/mol. The molecule has 1 fully saturated rings. The average Bonchev–Trinajstić information content (AvgIpc) is 2.42. The quantitative estimate of drug-likeness (QED) is 0.789. The van der Waals surface area contributed by atoms with E-state index in [-0.39, 0.29) is 5.78 Å². The maximum atomic E-state index is 11.9.